The summed E-state index contributed by atoms with van der Waals surface area (Å²) < 4.78 is 5.34. The third-order valence-electron chi connectivity index (χ3n) is 1.82. The third-order valence-corrected chi connectivity index (χ3v) is 1.82. The van der Waals surface area contributed by atoms with E-state index in [1.54, 1.807) is 6.92 Å². The maximum Gasteiger partial charge on any atom is 0.160 e. The van der Waals surface area contributed by atoms with E-state index in [0.717, 1.165) is 18.5 Å². The van der Waals surface area contributed by atoms with E-state index in [1.165, 1.54) is 5.56 Å². The summed E-state index contributed by atoms with van der Waals surface area (Å²) in [6.07, 6.45) is 1.40. The number of carbonyl (C=O) groups excluding carboxylic acids is 1. The van der Waals surface area contributed by atoms with Crippen molar-refractivity contribution >= 4 is 6.29 Å². The first kappa shape index (κ1) is 9.78. The van der Waals surface area contributed by atoms with Gasteiger partial charge in [0.2, 0.25) is 0 Å². The lowest BCUT2D eigenvalue weighted by Gasteiger charge is -2.09. The molecule has 0 aliphatic carbocycles. The summed E-state index contributed by atoms with van der Waals surface area (Å²) in [6, 6.07) is 7.79. The van der Waals surface area contributed by atoms with Gasteiger partial charge in [-0.25, -0.2) is 0 Å². The lowest BCUT2D eigenvalue weighted by molar-refractivity contribution is -0.113. The smallest absolute Gasteiger partial charge is 0.160 e. The van der Waals surface area contributed by atoms with Gasteiger partial charge >= 0.3 is 0 Å². The average Bonchev–Trinajstić information content (AvgIpc) is 2.18. The molecule has 2 heteroatoms. The summed E-state index contributed by atoms with van der Waals surface area (Å²) >= 11 is 0. The third kappa shape index (κ3) is 2.90. The first-order valence-electron chi connectivity index (χ1n) is 4.47. The molecule has 0 N–H and O–H groups in total. The zero-order chi connectivity index (χ0) is 9.68. The highest BCUT2D eigenvalue weighted by atomic mass is 16.5. The van der Waals surface area contributed by atoms with E-state index in [9.17, 15) is 4.79 Å². The Balaban J connectivity index is 2.71. The van der Waals surface area contributed by atoms with Crippen molar-refractivity contribution in [2.45, 2.75) is 26.4 Å². The van der Waals surface area contributed by atoms with Crippen LogP contribution in [0.3, 0.4) is 0 Å². The van der Waals surface area contributed by atoms with Crippen molar-refractivity contribution < 1.29 is 9.53 Å². The second kappa shape index (κ2) is 4.65. The quantitative estimate of drug-likeness (QED) is 0.661. The molecule has 0 saturated carbocycles. The van der Waals surface area contributed by atoms with Crippen molar-refractivity contribution in [3.05, 3.63) is 29.8 Å². The van der Waals surface area contributed by atoms with Crippen LogP contribution in [0, 0.1) is 0 Å². The van der Waals surface area contributed by atoms with E-state index in [0.29, 0.717) is 0 Å². The minimum atomic E-state index is -0.368. The molecular formula is C11H14O2. The van der Waals surface area contributed by atoms with Crippen molar-refractivity contribution in [3.63, 3.8) is 0 Å². The zero-order valence-electron chi connectivity index (χ0n) is 7.99. The van der Waals surface area contributed by atoms with Gasteiger partial charge in [-0.1, -0.05) is 19.1 Å². The molecular weight excluding hydrogens is 164 g/mol. The van der Waals surface area contributed by atoms with E-state index in [4.69, 9.17) is 4.74 Å². The number of aldehydes is 1. The molecule has 1 aromatic carbocycles. The molecule has 0 aliphatic rings. The Morgan fingerprint density at radius 3 is 2.92 bits per heavy atom. The minimum absolute atomic E-state index is 0.368. The van der Waals surface area contributed by atoms with Gasteiger partial charge in [-0.2, -0.15) is 0 Å². The molecule has 0 spiro atoms. The number of aryl methyl sites for hydroxylation is 1. The number of carbonyl (C=O) groups is 1. The van der Waals surface area contributed by atoms with Crippen LogP contribution in [0.15, 0.2) is 24.3 Å². The van der Waals surface area contributed by atoms with E-state index < -0.39 is 0 Å². The van der Waals surface area contributed by atoms with Crippen molar-refractivity contribution in [2.75, 3.05) is 0 Å². The van der Waals surface area contributed by atoms with Gasteiger partial charge in [0, 0.05) is 0 Å². The van der Waals surface area contributed by atoms with Gasteiger partial charge in [0.05, 0.1) is 0 Å². The second-order valence-corrected chi connectivity index (χ2v) is 2.96. The Hall–Kier alpha value is -1.31. The predicted octanol–water partition coefficient (Wildman–Crippen LogP) is 2.22. The minimum Gasteiger partial charge on any atom is -0.483 e. The first-order valence-corrected chi connectivity index (χ1v) is 4.47. The SMILES string of the molecule is CCc1cccc(OC(C)C=O)c1. The average molecular weight is 178 g/mol. The van der Waals surface area contributed by atoms with Crippen LogP contribution in [-0.2, 0) is 11.2 Å². The fraction of sp³-hybridized carbons (Fsp3) is 0.364. The molecule has 13 heavy (non-hydrogen) atoms. The summed E-state index contributed by atoms with van der Waals surface area (Å²) in [6.45, 7) is 3.81. The van der Waals surface area contributed by atoms with Crippen LogP contribution in [0.2, 0.25) is 0 Å². The number of hydrogen-bond donors (Lipinski definition) is 0. The molecule has 1 unspecified atom stereocenters. The topological polar surface area (TPSA) is 26.3 Å². The maximum absolute atomic E-state index is 10.3. The molecule has 0 amide bonds. The maximum atomic E-state index is 10.3. The fourth-order valence-corrected chi connectivity index (χ4v) is 1.08. The van der Waals surface area contributed by atoms with Gasteiger partial charge < -0.3 is 4.74 Å². The van der Waals surface area contributed by atoms with Crippen molar-refractivity contribution in [3.8, 4) is 5.75 Å². The lowest BCUT2D eigenvalue weighted by atomic mass is 10.2. The molecule has 0 fully saturated rings. The summed E-state index contributed by atoms with van der Waals surface area (Å²) in [5, 5.41) is 0. The van der Waals surface area contributed by atoms with Crippen molar-refractivity contribution in [1.82, 2.24) is 0 Å². The zero-order valence-corrected chi connectivity index (χ0v) is 7.99. The highest BCUT2D eigenvalue weighted by molar-refractivity contribution is 5.56. The summed E-state index contributed by atoms with van der Waals surface area (Å²) in [5.41, 5.74) is 1.22. The van der Waals surface area contributed by atoms with Crippen LogP contribution in [0.25, 0.3) is 0 Å². The molecule has 0 aromatic heterocycles. The standard InChI is InChI=1S/C11H14O2/c1-3-10-5-4-6-11(7-10)13-9(2)8-12/h4-9H,3H2,1-2H3. The van der Waals surface area contributed by atoms with E-state index in [1.807, 2.05) is 24.3 Å². The normalized spacial score (nSPS) is 12.2. The summed E-state index contributed by atoms with van der Waals surface area (Å²) in [7, 11) is 0. The van der Waals surface area contributed by atoms with Gasteiger partial charge in [0.15, 0.2) is 12.4 Å². The van der Waals surface area contributed by atoms with Crippen molar-refractivity contribution in [1.29, 1.82) is 0 Å². The summed E-state index contributed by atoms with van der Waals surface area (Å²) in [5.74, 6) is 0.763. The van der Waals surface area contributed by atoms with Crippen LogP contribution in [0.4, 0.5) is 0 Å². The number of hydrogen-bond acceptors (Lipinski definition) is 2. The van der Waals surface area contributed by atoms with Crippen LogP contribution in [0.1, 0.15) is 19.4 Å². The highest BCUT2D eigenvalue weighted by Crippen LogP contribution is 2.14. The first-order chi connectivity index (χ1) is 6.26. The molecule has 0 radical (unpaired) electrons. The summed E-state index contributed by atoms with van der Waals surface area (Å²) in [4.78, 5) is 10.3. The van der Waals surface area contributed by atoms with Gasteiger partial charge in [-0.3, -0.25) is 4.79 Å². The number of benzene rings is 1. The Bertz CT molecular complexity index is 281. The molecule has 0 bridgehead atoms. The second-order valence-electron chi connectivity index (χ2n) is 2.96. The van der Waals surface area contributed by atoms with E-state index >= 15 is 0 Å². The Kier molecular flexibility index (Phi) is 3.50. The number of rotatable bonds is 4. The molecule has 2 nitrogen and oxygen atoms in total. The molecule has 0 heterocycles. The Labute approximate surface area is 78.5 Å². The van der Waals surface area contributed by atoms with Gasteiger partial charge in [-0.15, -0.1) is 0 Å². The molecule has 0 saturated heterocycles. The Morgan fingerprint density at radius 1 is 1.54 bits per heavy atom. The van der Waals surface area contributed by atoms with Crippen LogP contribution in [-0.4, -0.2) is 12.4 Å². The molecule has 0 aliphatic heterocycles. The monoisotopic (exact) mass is 178 g/mol. The van der Waals surface area contributed by atoms with Gasteiger partial charge in [0.25, 0.3) is 0 Å². The van der Waals surface area contributed by atoms with Crippen molar-refractivity contribution in [2.24, 2.45) is 0 Å². The number of ether oxygens (including phenoxy) is 1. The van der Waals surface area contributed by atoms with Gasteiger partial charge in [0.1, 0.15) is 5.75 Å². The lowest BCUT2D eigenvalue weighted by Crippen LogP contribution is -2.12. The molecule has 1 atom stereocenters. The highest BCUT2D eigenvalue weighted by Gasteiger charge is 2.01. The van der Waals surface area contributed by atoms with Crippen LogP contribution >= 0.6 is 0 Å². The Morgan fingerprint density at radius 2 is 2.31 bits per heavy atom. The largest absolute Gasteiger partial charge is 0.483 e. The van der Waals surface area contributed by atoms with Crippen LogP contribution in [0.5, 0.6) is 5.75 Å². The molecule has 1 rings (SSSR count). The predicted molar refractivity (Wildman–Crippen MR) is 52.0 cm³/mol. The van der Waals surface area contributed by atoms with Gasteiger partial charge in [-0.05, 0) is 31.0 Å². The van der Waals surface area contributed by atoms with E-state index in [2.05, 4.69) is 6.92 Å². The molecule has 70 valence electrons. The van der Waals surface area contributed by atoms with E-state index in [-0.39, 0.29) is 6.10 Å². The fourth-order valence-electron chi connectivity index (χ4n) is 1.08. The van der Waals surface area contributed by atoms with Crippen LogP contribution < -0.4 is 4.74 Å². The molecule has 1 aromatic rings.